The molecule has 1 fully saturated rings. The van der Waals surface area contributed by atoms with Gasteiger partial charge in [0.2, 0.25) is 0 Å². The molecule has 0 aliphatic carbocycles. The van der Waals surface area contributed by atoms with E-state index in [0.717, 1.165) is 42.6 Å². The lowest BCUT2D eigenvalue weighted by Crippen LogP contribution is -2.50. The Hall–Kier alpha value is -4.17. The van der Waals surface area contributed by atoms with Crippen molar-refractivity contribution in [1.29, 1.82) is 0 Å². The Balaban J connectivity index is 1.48. The molecular formula is C30H30N3O5-. The van der Waals surface area contributed by atoms with Gasteiger partial charge in [0.15, 0.2) is 6.29 Å². The van der Waals surface area contributed by atoms with Gasteiger partial charge in [0.05, 0.1) is 32.8 Å². The van der Waals surface area contributed by atoms with Crippen molar-refractivity contribution in [2.45, 2.75) is 31.5 Å². The van der Waals surface area contributed by atoms with Crippen LogP contribution in [-0.4, -0.2) is 50.3 Å². The largest absolute Gasteiger partial charge is 0.858 e. The molecule has 0 radical (unpaired) electrons. The number of rotatable bonds is 8. The van der Waals surface area contributed by atoms with E-state index in [4.69, 9.17) is 9.47 Å². The summed E-state index contributed by atoms with van der Waals surface area (Å²) in [6, 6.07) is 18.0. The van der Waals surface area contributed by atoms with E-state index in [2.05, 4.69) is 10.3 Å². The van der Waals surface area contributed by atoms with Crippen molar-refractivity contribution in [3.8, 4) is 11.5 Å². The molecule has 8 nitrogen and oxygen atoms in total. The van der Waals surface area contributed by atoms with E-state index < -0.39 is 11.4 Å². The van der Waals surface area contributed by atoms with Crippen molar-refractivity contribution in [3.63, 3.8) is 0 Å². The first-order chi connectivity index (χ1) is 18.5. The van der Waals surface area contributed by atoms with Crippen LogP contribution >= 0.6 is 0 Å². The van der Waals surface area contributed by atoms with Crippen LogP contribution in [0.4, 0.5) is 0 Å². The highest BCUT2D eigenvalue weighted by Crippen LogP contribution is 2.47. The molecule has 5 rings (SSSR count). The lowest BCUT2D eigenvalue weighted by atomic mass is 9.80. The van der Waals surface area contributed by atoms with Gasteiger partial charge in [-0.05, 0) is 66.7 Å². The summed E-state index contributed by atoms with van der Waals surface area (Å²) in [6.07, 6.45) is 2.21. The third-order valence-electron chi connectivity index (χ3n) is 7.55. The number of amides is 1. The Morgan fingerprint density at radius 1 is 1.08 bits per heavy atom. The summed E-state index contributed by atoms with van der Waals surface area (Å²) >= 11 is 0. The van der Waals surface area contributed by atoms with E-state index in [-0.39, 0.29) is 18.0 Å². The highest BCUT2D eigenvalue weighted by molar-refractivity contribution is 6.00. The second-order valence-electron chi connectivity index (χ2n) is 9.56. The number of carbonyl (C=O) groups is 2. The molecule has 196 valence electrons. The number of aliphatic imine (C=N–C) groups is 1. The van der Waals surface area contributed by atoms with Gasteiger partial charge >= 0.3 is 0 Å². The molecule has 2 aliphatic heterocycles. The lowest BCUT2D eigenvalue weighted by Gasteiger charge is -2.42. The number of benzene rings is 3. The van der Waals surface area contributed by atoms with Crippen molar-refractivity contribution in [2.24, 2.45) is 4.99 Å². The summed E-state index contributed by atoms with van der Waals surface area (Å²) in [5.74, 6) is 0.913. The molecule has 38 heavy (non-hydrogen) atoms. The Kier molecular flexibility index (Phi) is 7.15. The fraction of sp³-hybridized carbons (Fsp3) is 0.300. The van der Waals surface area contributed by atoms with Crippen molar-refractivity contribution in [3.05, 3.63) is 94.0 Å². The zero-order valence-electron chi connectivity index (χ0n) is 21.5. The lowest BCUT2D eigenvalue weighted by molar-refractivity contribution is -0.213. The first kappa shape index (κ1) is 25.5. The Morgan fingerprint density at radius 3 is 2.61 bits per heavy atom. The minimum absolute atomic E-state index is 0.0146. The number of aldehydes is 1. The van der Waals surface area contributed by atoms with Gasteiger partial charge in [0.1, 0.15) is 11.5 Å². The molecule has 3 aromatic rings. The molecule has 1 amide bonds. The van der Waals surface area contributed by atoms with Crippen LogP contribution in [0.1, 0.15) is 55.8 Å². The molecule has 0 bridgehead atoms. The molecule has 1 spiro atoms. The van der Waals surface area contributed by atoms with Crippen molar-refractivity contribution in [1.82, 2.24) is 10.2 Å². The molecule has 0 aromatic heterocycles. The second kappa shape index (κ2) is 10.7. The number of hydrogen-bond acceptors (Lipinski definition) is 7. The minimum Gasteiger partial charge on any atom is -0.858 e. The van der Waals surface area contributed by atoms with Crippen LogP contribution in [0.2, 0.25) is 0 Å². The highest BCUT2D eigenvalue weighted by Gasteiger charge is 2.50. The van der Waals surface area contributed by atoms with Gasteiger partial charge in [0, 0.05) is 22.8 Å². The maximum Gasteiger partial charge on any atom is 0.255 e. The number of fused-ring (bicyclic) bond motifs is 2. The Labute approximate surface area is 221 Å². The average molecular weight is 513 g/mol. The zero-order valence-corrected chi connectivity index (χ0v) is 21.5. The molecule has 1 saturated heterocycles. The smallest absolute Gasteiger partial charge is 0.255 e. The number of piperidine rings is 1. The zero-order chi connectivity index (χ0) is 26.7. The summed E-state index contributed by atoms with van der Waals surface area (Å²) in [4.78, 5) is 31.3. The molecule has 0 unspecified atom stereocenters. The van der Waals surface area contributed by atoms with E-state index in [1.54, 1.807) is 38.5 Å². The van der Waals surface area contributed by atoms with Crippen LogP contribution < -0.4 is 19.9 Å². The van der Waals surface area contributed by atoms with E-state index in [9.17, 15) is 14.7 Å². The number of hydrogen-bond donors (Lipinski definition) is 1. The Bertz CT molecular complexity index is 1390. The molecule has 2 heterocycles. The van der Waals surface area contributed by atoms with E-state index >= 15 is 0 Å². The van der Waals surface area contributed by atoms with Gasteiger partial charge in [0.25, 0.3) is 5.91 Å². The van der Waals surface area contributed by atoms with E-state index in [1.165, 1.54) is 0 Å². The quantitative estimate of drug-likeness (QED) is 0.283. The van der Waals surface area contributed by atoms with Gasteiger partial charge in [-0.2, -0.15) is 0 Å². The minimum atomic E-state index is -0.466. The van der Waals surface area contributed by atoms with Crippen molar-refractivity contribution in [2.75, 3.05) is 27.3 Å². The number of nitrogens with zero attached hydrogens (tertiary/aromatic N) is 2. The summed E-state index contributed by atoms with van der Waals surface area (Å²) in [5, 5.41) is 16.1. The molecule has 0 atom stereocenters. The SMILES string of the molecule is COc1ccc(CN2C(=O)c3ccc(CN=C([O-])c4ccccc4C=O)cc3C23CCNCC3)c(OC)c1. The summed E-state index contributed by atoms with van der Waals surface area (Å²) in [6.45, 7) is 2.15. The average Bonchev–Trinajstić information content (AvgIpc) is 3.18. The third-order valence-corrected chi connectivity index (χ3v) is 7.55. The fourth-order valence-electron chi connectivity index (χ4n) is 5.54. The first-order valence-corrected chi connectivity index (χ1v) is 12.6. The predicted octanol–water partition coefficient (Wildman–Crippen LogP) is 3.06. The summed E-state index contributed by atoms with van der Waals surface area (Å²) in [5.41, 5.74) is 3.54. The first-order valence-electron chi connectivity index (χ1n) is 12.6. The summed E-state index contributed by atoms with van der Waals surface area (Å²) < 4.78 is 11.0. The van der Waals surface area contributed by atoms with E-state index in [0.29, 0.717) is 35.5 Å². The van der Waals surface area contributed by atoms with Gasteiger partial charge in [-0.25, -0.2) is 0 Å². The van der Waals surface area contributed by atoms with Crippen LogP contribution in [0.15, 0.2) is 65.7 Å². The van der Waals surface area contributed by atoms with Crippen LogP contribution in [0.5, 0.6) is 11.5 Å². The Morgan fingerprint density at radius 2 is 1.87 bits per heavy atom. The fourth-order valence-corrected chi connectivity index (χ4v) is 5.54. The molecular weight excluding hydrogens is 482 g/mol. The van der Waals surface area contributed by atoms with Gasteiger partial charge in [-0.3, -0.25) is 14.6 Å². The van der Waals surface area contributed by atoms with Gasteiger partial charge < -0.3 is 24.8 Å². The second-order valence-corrected chi connectivity index (χ2v) is 9.56. The van der Waals surface area contributed by atoms with Crippen molar-refractivity contribution >= 4 is 18.1 Å². The molecule has 1 N–H and O–H groups in total. The standard InChI is InChI=1S/C30H31N3O5/c1-37-23-9-8-21(27(16-23)38-2)18-33-29(36)25-10-7-20(15-26(25)30(33)11-13-31-14-12-30)17-32-28(35)24-6-4-3-5-22(24)19-34/h3-10,15-16,19,31H,11-14,17-18H2,1-2H3,(H,32,35)/p-1. The van der Waals surface area contributed by atoms with Crippen molar-refractivity contribution < 1.29 is 24.2 Å². The monoisotopic (exact) mass is 512 g/mol. The van der Waals surface area contributed by atoms with Crippen LogP contribution in [-0.2, 0) is 18.6 Å². The molecule has 0 saturated carbocycles. The van der Waals surface area contributed by atoms with Crippen LogP contribution in [0, 0.1) is 0 Å². The van der Waals surface area contributed by atoms with Gasteiger partial charge in [-0.1, -0.05) is 36.4 Å². The number of ether oxygens (including phenoxy) is 2. The highest BCUT2D eigenvalue weighted by atomic mass is 16.5. The predicted molar refractivity (Wildman–Crippen MR) is 142 cm³/mol. The van der Waals surface area contributed by atoms with Crippen LogP contribution in [0.25, 0.3) is 0 Å². The maximum atomic E-state index is 13.8. The number of nitrogens with one attached hydrogen (secondary N) is 1. The molecule has 8 heteroatoms. The maximum absolute atomic E-state index is 13.8. The van der Waals surface area contributed by atoms with E-state index in [1.807, 2.05) is 41.3 Å². The summed E-state index contributed by atoms with van der Waals surface area (Å²) in [7, 11) is 3.22. The third kappa shape index (κ3) is 4.52. The molecule has 2 aliphatic rings. The normalized spacial score (nSPS) is 16.4. The van der Waals surface area contributed by atoms with Gasteiger partial charge in [-0.15, -0.1) is 0 Å². The topological polar surface area (TPSA) is 103 Å². The number of methoxy groups -OCH3 is 2. The number of carbonyl (C=O) groups excluding carboxylic acids is 2. The van der Waals surface area contributed by atoms with Crippen LogP contribution in [0.3, 0.4) is 0 Å². The molecule has 3 aromatic carbocycles.